The van der Waals surface area contributed by atoms with Gasteiger partial charge in [0, 0.05) is 35.6 Å². The van der Waals surface area contributed by atoms with Crippen LogP contribution in [0.2, 0.25) is 0 Å². The maximum Gasteiger partial charge on any atom is 0.246 e. The van der Waals surface area contributed by atoms with Gasteiger partial charge in [0.25, 0.3) is 0 Å². The molecule has 2 aliphatic rings. The Morgan fingerprint density at radius 2 is 1.73 bits per heavy atom. The van der Waals surface area contributed by atoms with Gasteiger partial charge in [-0.25, -0.2) is 22.2 Å². The smallest absolute Gasteiger partial charge is 0.246 e. The average Bonchev–Trinajstić information content (AvgIpc) is 3.12. The van der Waals surface area contributed by atoms with Gasteiger partial charge in [-0.2, -0.15) is 4.98 Å². The number of hydrogen-bond acceptors (Lipinski definition) is 8. The lowest BCUT2D eigenvalue weighted by molar-refractivity contribution is -0.117. The van der Waals surface area contributed by atoms with Crippen LogP contribution in [0.3, 0.4) is 0 Å². The van der Waals surface area contributed by atoms with Crippen molar-refractivity contribution in [2.75, 3.05) is 40.5 Å². The van der Waals surface area contributed by atoms with Gasteiger partial charge in [0.15, 0.2) is 0 Å². The van der Waals surface area contributed by atoms with Crippen molar-refractivity contribution in [3.8, 4) is 0 Å². The summed E-state index contributed by atoms with van der Waals surface area (Å²) in [5.41, 5.74) is 1.11. The molecule has 0 unspecified atom stereocenters. The first-order valence-corrected chi connectivity index (χ1v) is 16.4. The van der Waals surface area contributed by atoms with E-state index in [0.717, 1.165) is 49.4 Å². The highest BCUT2D eigenvalue weighted by atomic mass is 32.2. The number of aromatic nitrogens is 2. The predicted octanol–water partition coefficient (Wildman–Crippen LogP) is 4.74. The van der Waals surface area contributed by atoms with Crippen molar-refractivity contribution in [2.45, 2.75) is 70.0 Å². The molecule has 1 aliphatic heterocycles. The van der Waals surface area contributed by atoms with Crippen molar-refractivity contribution in [3.63, 3.8) is 0 Å². The van der Waals surface area contributed by atoms with Crippen LogP contribution in [0.5, 0.6) is 0 Å². The van der Waals surface area contributed by atoms with Crippen LogP contribution in [-0.4, -0.2) is 68.0 Å². The number of amides is 1. The average molecular weight is 628 g/mol. The van der Waals surface area contributed by atoms with Crippen molar-refractivity contribution in [1.82, 2.24) is 14.9 Å². The third-order valence-electron chi connectivity index (χ3n) is 8.23. The zero-order valence-corrected chi connectivity index (χ0v) is 26.2. The number of nitrogens with zero attached hydrogens (tertiary/aromatic N) is 5. The molecule has 0 saturated heterocycles. The van der Waals surface area contributed by atoms with E-state index in [1.807, 2.05) is 18.7 Å². The normalized spacial score (nSPS) is 19.2. The Morgan fingerprint density at radius 3 is 2.36 bits per heavy atom. The fourth-order valence-electron chi connectivity index (χ4n) is 5.73. The second-order valence-corrected chi connectivity index (χ2v) is 13.7. The highest BCUT2D eigenvalue weighted by Crippen LogP contribution is 2.32. The number of rotatable bonds is 9. The van der Waals surface area contributed by atoms with Gasteiger partial charge in [-0.3, -0.25) is 9.52 Å². The summed E-state index contributed by atoms with van der Waals surface area (Å²) in [5, 5.41) is 3.49. The molecule has 0 spiro atoms. The van der Waals surface area contributed by atoms with Crippen LogP contribution in [0.15, 0.2) is 48.7 Å². The zero-order chi connectivity index (χ0) is 31.6. The SMILES string of the molecule is CC(C)N1CC(=O)N(c2ccc(NS(=O)(=O)Cc3ccc(F)cc3)c(F)c2)Cc2cnc(NC3CCC(N(C)C)CC3)nc21. The number of halogens is 2. The van der Waals surface area contributed by atoms with Crippen LogP contribution in [0.25, 0.3) is 0 Å². The maximum atomic E-state index is 15.2. The summed E-state index contributed by atoms with van der Waals surface area (Å²) >= 11 is 0. The van der Waals surface area contributed by atoms with Gasteiger partial charge in [0.05, 0.1) is 24.5 Å². The minimum absolute atomic E-state index is 0.0305. The number of nitrogens with one attached hydrogen (secondary N) is 2. The van der Waals surface area contributed by atoms with Gasteiger partial charge in [0.2, 0.25) is 21.9 Å². The van der Waals surface area contributed by atoms with Crippen LogP contribution in [0, 0.1) is 11.6 Å². The molecule has 1 amide bonds. The number of benzene rings is 2. The summed E-state index contributed by atoms with van der Waals surface area (Å²) in [6.45, 7) is 4.12. The molecule has 1 aliphatic carbocycles. The van der Waals surface area contributed by atoms with Crippen molar-refractivity contribution in [1.29, 1.82) is 0 Å². The third-order valence-corrected chi connectivity index (χ3v) is 9.48. The summed E-state index contributed by atoms with van der Waals surface area (Å²) in [7, 11) is 0.245. The Bertz CT molecular complexity index is 1590. The van der Waals surface area contributed by atoms with Gasteiger partial charge in [-0.1, -0.05) is 12.1 Å². The molecule has 236 valence electrons. The highest BCUT2D eigenvalue weighted by molar-refractivity contribution is 7.91. The molecule has 1 saturated carbocycles. The molecule has 0 radical (unpaired) electrons. The number of carbonyl (C=O) groups is 1. The summed E-state index contributed by atoms with van der Waals surface area (Å²) < 4.78 is 56.0. The van der Waals surface area contributed by atoms with E-state index in [-0.39, 0.29) is 42.5 Å². The molecule has 10 nitrogen and oxygen atoms in total. The highest BCUT2D eigenvalue weighted by Gasteiger charge is 2.31. The standard InChI is InChI=1S/C31H39F2N7O3S/c1-20(2)39-18-29(41)40(17-22-16-34-31(36-30(22)39)35-24-9-11-25(12-10-24)38(3)4)26-13-14-28(27(33)15-26)37-44(42,43)19-21-5-7-23(32)8-6-21/h5-8,13-16,20,24-25,37H,9-12,17-19H2,1-4H3,(H,34,35,36). The summed E-state index contributed by atoms with van der Waals surface area (Å²) in [4.78, 5) is 28.6. The lowest BCUT2D eigenvalue weighted by Gasteiger charge is -2.33. The molecule has 0 bridgehead atoms. The van der Waals surface area contributed by atoms with Crippen LogP contribution in [0.4, 0.5) is 31.9 Å². The van der Waals surface area contributed by atoms with Crippen LogP contribution in [0.1, 0.15) is 50.7 Å². The number of fused-ring (bicyclic) bond motifs is 1. The lowest BCUT2D eigenvalue weighted by atomic mass is 9.91. The fourth-order valence-corrected chi connectivity index (χ4v) is 6.94. The predicted molar refractivity (Wildman–Crippen MR) is 168 cm³/mol. The van der Waals surface area contributed by atoms with Gasteiger partial charge in [0.1, 0.15) is 17.5 Å². The van der Waals surface area contributed by atoms with E-state index in [0.29, 0.717) is 23.4 Å². The van der Waals surface area contributed by atoms with Gasteiger partial charge in [-0.05, 0) is 89.5 Å². The molecule has 2 heterocycles. The van der Waals surface area contributed by atoms with Crippen LogP contribution < -0.4 is 19.8 Å². The Labute approximate surface area is 257 Å². The van der Waals surface area contributed by atoms with E-state index < -0.39 is 27.4 Å². The molecule has 3 aromatic rings. The third kappa shape index (κ3) is 7.44. The molecule has 1 aromatic heterocycles. The van der Waals surface area contributed by atoms with E-state index in [1.54, 1.807) is 6.20 Å². The minimum Gasteiger partial charge on any atom is -0.351 e. The first-order chi connectivity index (χ1) is 20.9. The fraction of sp³-hybridized carbons (Fsp3) is 0.452. The number of hydrogen-bond donors (Lipinski definition) is 2. The maximum absolute atomic E-state index is 15.2. The van der Waals surface area contributed by atoms with E-state index in [4.69, 9.17) is 4.98 Å². The molecule has 44 heavy (non-hydrogen) atoms. The molecular weight excluding hydrogens is 588 g/mol. The largest absolute Gasteiger partial charge is 0.351 e. The lowest BCUT2D eigenvalue weighted by Crippen LogP contribution is -2.40. The summed E-state index contributed by atoms with van der Waals surface area (Å²) in [5.74, 6) is -0.840. The van der Waals surface area contributed by atoms with Crippen molar-refractivity contribution >= 4 is 39.1 Å². The molecular formula is C31H39F2N7O3S. The van der Waals surface area contributed by atoms with E-state index in [1.165, 1.54) is 29.2 Å². The van der Waals surface area contributed by atoms with Crippen LogP contribution in [-0.2, 0) is 27.1 Å². The number of carbonyl (C=O) groups excluding carboxylic acids is 1. The Kier molecular flexibility index (Phi) is 9.35. The van der Waals surface area contributed by atoms with E-state index in [2.05, 4.69) is 34.0 Å². The van der Waals surface area contributed by atoms with E-state index in [9.17, 15) is 17.6 Å². The number of sulfonamides is 1. The zero-order valence-electron chi connectivity index (χ0n) is 25.4. The summed E-state index contributed by atoms with van der Waals surface area (Å²) in [6, 6.07) is 9.79. The van der Waals surface area contributed by atoms with Crippen molar-refractivity contribution < 1.29 is 22.0 Å². The quantitative estimate of drug-likeness (QED) is 0.350. The molecule has 2 aromatic carbocycles. The first kappa shape index (κ1) is 31.6. The Balaban J connectivity index is 1.33. The first-order valence-electron chi connectivity index (χ1n) is 14.8. The van der Waals surface area contributed by atoms with E-state index >= 15 is 4.39 Å². The Hall–Kier alpha value is -3.84. The second-order valence-electron chi connectivity index (χ2n) is 12.0. The van der Waals surface area contributed by atoms with Gasteiger partial charge in [-0.15, -0.1) is 0 Å². The van der Waals surface area contributed by atoms with Crippen LogP contribution >= 0.6 is 0 Å². The minimum atomic E-state index is -3.98. The Morgan fingerprint density at radius 1 is 1.02 bits per heavy atom. The summed E-state index contributed by atoms with van der Waals surface area (Å²) in [6.07, 6.45) is 5.96. The second kappa shape index (κ2) is 13.0. The molecule has 5 rings (SSSR count). The van der Waals surface area contributed by atoms with Gasteiger partial charge < -0.3 is 20.0 Å². The molecule has 2 N–H and O–H groups in total. The van der Waals surface area contributed by atoms with Crippen molar-refractivity contribution in [2.24, 2.45) is 0 Å². The molecule has 13 heteroatoms. The van der Waals surface area contributed by atoms with Crippen molar-refractivity contribution in [3.05, 3.63) is 71.4 Å². The monoisotopic (exact) mass is 627 g/mol. The topological polar surface area (TPSA) is 111 Å². The number of anilines is 4. The molecule has 1 fully saturated rings. The van der Waals surface area contributed by atoms with Gasteiger partial charge >= 0.3 is 0 Å². The molecule has 0 atom stereocenters.